The van der Waals surface area contributed by atoms with Crippen LogP contribution >= 0.6 is 11.6 Å². The van der Waals surface area contributed by atoms with Gasteiger partial charge in [0.15, 0.2) is 5.69 Å². The Hall–Kier alpha value is -2.80. The van der Waals surface area contributed by atoms with E-state index in [1.54, 1.807) is 0 Å². The first-order valence-electron chi connectivity index (χ1n) is 8.59. The molecule has 1 heterocycles. The Morgan fingerprint density at radius 3 is 2.39 bits per heavy atom. The Morgan fingerprint density at radius 1 is 1.07 bits per heavy atom. The number of carbonyl (C=O) groups excluding carboxylic acids is 1. The number of alkyl halides is 3. The Morgan fingerprint density at radius 2 is 1.75 bits per heavy atom. The number of halogens is 4. The van der Waals surface area contributed by atoms with Crippen LogP contribution in [0.25, 0.3) is 5.69 Å². The molecular formula is C20H17ClF3N3O. The molecule has 0 fully saturated rings. The maximum Gasteiger partial charge on any atom is 0.434 e. The van der Waals surface area contributed by atoms with Crippen LogP contribution in [0.3, 0.4) is 0 Å². The number of aromatic nitrogens is 2. The first kappa shape index (κ1) is 19.9. The number of hydrogen-bond donors (Lipinski definition) is 1. The van der Waals surface area contributed by atoms with E-state index in [-0.39, 0.29) is 12.2 Å². The Labute approximate surface area is 164 Å². The normalized spacial score (nSPS) is 11.4. The monoisotopic (exact) mass is 407 g/mol. The zero-order valence-electron chi connectivity index (χ0n) is 14.7. The Kier molecular flexibility index (Phi) is 6.04. The van der Waals surface area contributed by atoms with Crippen molar-refractivity contribution in [2.45, 2.75) is 19.0 Å². The summed E-state index contributed by atoms with van der Waals surface area (Å²) >= 11 is 5.78. The lowest BCUT2D eigenvalue weighted by molar-refractivity contribution is -0.143. The molecule has 0 aliphatic heterocycles. The fourth-order valence-corrected chi connectivity index (χ4v) is 2.93. The van der Waals surface area contributed by atoms with E-state index in [0.717, 1.165) is 18.2 Å². The summed E-state index contributed by atoms with van der Waals surface area (Å²) in [7, 11) is 0. The quantitative estimate of drug-likeness (QED) is 0.590. The van der Waals surface area contributed by atoms with Crippen LogP contribution in [0.15, 0.2) is 60.8 Å². The van der Waals surface area contributed by atoms with Crippen LogP contribution in [-0.2, 0) is 12.6 Å². The molecule has 0 bridgehead atoms. The van der Waals surface area contributed by atoms with Gasteiger partial charge in [-0.15, -0.1) is 0 Å². The minimum Gasteiger partial charge on any atom is -0.352 e. The number of amides is 1. The molecular weight excluding hydrogens is 391 g/mol. The molecule has 0 aliphatic rings. The molecule has 0 aliphatic carbocycles. The highest BCUT2D eigenvalue weighted by Gasteiger charge is 2.40. The first-order valence-corrected chi connectivity index (χ1v) is 8.97. The van der Waals surface area contributed by atoms with Crippen molar-refractivity contribution in [2.24, 2.45) is 0 Å². The molecule has 28 heavy (non-hydrogen) atoms. The maximum absolute atomic E-state index is 13.6. The molecule has 0 atom stereocenters. The second kappa shape index (κ2) is 8.48. The summed E-state index contributed by atoms with van der Waals surface area (Å²) in [5.41, 5.74) is -0.360. The summed E-state index contributed by atoms with van der Waals surface area (Å²) < 4.78 is 41.5. The number of rotatable bonds is 6. The van der Waals surface area contributed by atoms with Gasteiger partial charge in [-0.05, 0) is 42.7 Å². The van der Waals surface area contributed by atoms with E-state index in [9.17, 15) is 18.0 Å². The van der Waals surface area contributed by atoms with Crippen LogP contribution in [0.2, 0.25) is 5.02 Å². The Bertz CT molecular complexity index is 938. The molecule has 1 aromatic heterocycles. The van der Waals surface area contributed by atoms with Gasteiger partial charge in [-0.2, -0.15) is 18.3 Å². The molecule has 1 amide bonds. The summed E-state index contributed by atoms with van der Waals surface area (Å²) in [6.07, 6.45) is -2.48. The van der Waals surface area contributed by atoms with Crippen molar-refractivity contribution in [3.05, 3.63) is 82.6 Å². The summed E-state index contributed by atoms with van der Waals surface area (Å²) in [5, 5.41) is 6.70. The molecule has 0 saturated carbocycles. The van der Waals surface area contributed by atoms with Crippen molar-refractivity contribution < 1.29 is 18.0 Å². The summed E-state index contributed by atoms with van der Waals surface area (Å²) in [4.78, 5) is 12.3. The van der Waals surface area contributed by atoms with Gasteiger partial charge in [-0.1, -0.05) is 41.9 Å². The van der Waals surface area contributed by atoms with Gasteiger partial charge in [0.05, 0.1) is 17.4 Å². The van der Waals surface area contributed by atoms with Crippen LogP contribution < -0.4 is 5.32 Å². The third kappa shape index (κ3) is 4.72. The highest BCUT2D eigenvalue weighted by molar-refractivity contribution is 6.30. The van der Waals surface area contributed by atoms with E-state index in [1.165, 1.54) is 24.3 Å². The summed E-state index contributed by atoms with van der Waals surface area (Å²) in [6, 6.07) is 15.4. The average molecular weight is 408 g/mol. The van der Waals surface area contributed by atoms with E-state index in [1.807, 2.05) is 30.3 Å². The largest absolute Gasteiger partial charge is 0.434 e. The molecule has 4 nitrogen and oxygen atoms in total. The molecule has 1 N–H and O–H groups in total. The van der Waals surface area contributed by atoms with E-state index in [4.69, 9.17) is 11.6 Å². The standard InChI is InChI=1S/C20H17ClF3N3O/c21-15-8-10-16(11-9-15)27-18(20(22,23)24)17(13-26-27)19(28)25-12-4-7-14-5-2-1-3-6-14/h1-3,5-6,8-11,13H,4,7,12H2,(H,25,28). The lowest BCUT2D eigenvalue weighted by Gasteiger charge is -2.13. The smallest absolute Gasteiger partial charge is 0.352 e. The number of benzene rings is 2. The fraction of sp³-hybridized carbons (Fsp3) is 0.200. The second-order valence-electron chi connectivity index (χ2n) is 6.14. The van der Waals surface area contributed by atoms with Gasteiger partial charge in [0.25, 0.3) is 5.91 Å². The van der Waals surface area contributed by atoms with Gasteiger partial charge in [-0.25, -0.2) is 4.68 Å². The molecule has 3 rings (SSSR count). The number of carbonyl (C=O) groups is 1. The first-order chi connectivity index (χ1) is 13.4. The average Bonchev–Trinajstić information content (AvgIpc) is 3.12. The van der Waals surface area contributed by atoms with Crippen molar-refractivity contribution in [2.75, 3.05) is 6.54 Å². The lowest BCUT2D eigenvalue weighted by atomic mass is 10.1. The van der Waals surface area contributed by atoms with E-state index in [0.29, 0.717) is 16.1 Å². The van der Waals surface area contributed by atoms with E-state index < -0.39 is 23.3 Å². The van der Waals surface area contributed by atoms with E-state index >= 15 is 0 Å². The van der Waals surface area contributed by atoms with Gasteiger partial charge in [0.1, 0.15) is 0 Å². The van der Waals surface area contributed by atoms with Crippen molar-refractivity contribution in [1.29, 1.82) is 0 Å². The van der Waals surface area contributed by atoms with Crippen molar-refractivity contribution >= 4 is 17.5 Å². The molecule has 3 aromatic rings. The minimum absolute atomic E-state index is 0.167. The maximum atomic E-state index is 13.6. The van der Waals surface area contributed by atoms with Crippen molar-refractivity contribution in [3.63, 3.8) is 0 Å². The highest BCUT2D eigenvalue weighted by atomic mass is 35.5. The molecule has 2 aromatic carbocycles. The molecule has 8 heteroatoms. The van der Waals surface area contributed by atoms with Gasteiger partial charge in [0, 0.05) is 11.6 Å². The SMILES string of the molecule is O=C(NCCCc1ccccc1)c1cnn(-c2ccc(Cl)cc2)c1C(F)(F)F. The molecule has 0 saturated heterocycles. The van der Waals surface area contributed by atoms with Gasteiger partial charge in [0.2, 0.25) is 0 Å². The third-order valence-electron chi connectivity index (χ3n) is 4.12. The molecule has 146 valence electrons. The second-order valence-corrected chi connectivity index (χ2v) is 6.57. The van der Waals surface area contributed by atoms with Crippen LogP contribution in [0.1, 0.15) is 28.0 Å². The van der Waals surface area contributed by atoms with Crippen molar-refractivity contribution in [1.82, 2.24) is 15.1 Å². The lowest BCUT2D eigenvalue weighted by Crippen LogP contribution is -2.27. The van der Waals surface area contributed by atoms with Crippen LogP contribution in [0, 0.1) is 0 Å². The number of nitrogens with one attached hydrogen (secondary N) is 1. The number of aryl methyl sites for hydroxylation is 1. The number of nitrogens with zero attached hydrogens (tertiary/aromatic N) is 2. The van der Waals surface area contributed by atoms with Crippen LogP contribution in [0.5, 0.6) is 0 Å². The third-order valence-corrected chi connectivity index (χ3v) is 4.38. The minimum atomic E-state index is -4.74. The zero-order chi connectivity index (χ0) is 20.1. The van der Waals surface area contributed by atoms with Gasteiger partial charge >= 0.3 is 6.18 Å². The molecule has 0 spiro atoms. The van der Waals surface area contributed by atoms with Crippen LogP contribution in [0.4, 0.5) is 13.2 Å². The predicted molar refractivity (Wildman–Crippen MR) is 101 cm³/mol. The van der Waals surface area contributed by atoms with Gasteiger partial charge < -0.3 is 5.32 Å². The summed E-state index contributed by atoms with van der Waals surface area (Å²) in [5.74, 6) is -0.805. The van der Waals surface area contributed by atoms with Crippen LogP contribution in [-0.4, -0.2) is 22.2 Å². The Balaban J connectivity index is 1.73. The zero-order valence-corrected chi connectivity index (χ0v) is 15.5. The van der Waals surface area contributed by atoms with Crippen molar-refractivity contribution in [3.8, 4) is 5.69 Å². The summed E-state index contributed by atoms with van der Waals surface area (Å²) in [6.45, 7) is 0.261. The molecule has 0 unspecified atom stereocenters. The predicted octanol–water partition coefficient (Wildman–Crippen LogP) is 4.91. The van der Waals surface area contributed by atoms with E-state index in [2.05, 4.69) is 10.4 Å². The fourth-order valence-electron chi connectivity index (χ4n) is 2.80. The topological polar surface area (TPSA) is 46.9 Å². The highest BCUT2D eigenvalue weighted by Crippen LogP contribution is 2.33. The molecule has 0 radical (unpaired) electrons. The number of hydrogen-bond acceptors (Lipinski definition) is 2. The van der Waals surface area contributed by atoms with Gasteiger partial charge in [-0.3, -0.25) is 4.79 Å².